The van der Waals surface area contributed by atoms with Crippen molar-refractivity contribution in [2.75, 3.05) is 6.61 Å². The van der Waals surface area contributed by atoms with Crippen LogP contribution in [0.25, 0.3) is 0 Å². The summed E-state index contributed by atoms with van der Waals surface area (Å²) < 4.78 is 6.65. The molecule has 1 N–H and O–H groups in total. The Hall–Kier alpha value is -2.34. The van der Waals surface area contributed by atoms with Crippen LogP contribution in [0.1, 0.15) is 50.2 Å². The van der Waals surface area contributed by atoms with Gasteiger partial charge in [-0.25, -0.2) is 0 Å². The van der Waals surface area contributed by atoms with Crippen molar-refractivity contribution < 1.29 is 14.3 Å². The molecule has 0 radical (unpaired) electrons. The quantitative estimate of drug-likeness (QED) is 0.570. The molecule has 0 aliphatic heterocycles. The zero-order valence-corrected chi connectivity index (χ0v) is 19.9. The maximum Gasteiger partial charge on any atom is 0.261 e. The van der Waals surface area contributed by atoms with Gasteiger partial charge in [-0.3, -0.25) is 9.59 Å². The highest BCUT2D eigenvalue weighted by molar-refractivity contribution is 9.10. The van der Waals surface area contributed by atoms with Crippen molar-refractivity contribution in [3.8, 4) is 5.75 Å². The largest absolute Gasteiger partial charge is 0.484 e. The zero-order valence-electron chi connectivity index (χ0n) is 18.3. The Labute approximate surface area is 193 Å². The van der Waals surface area contributed by atoms with Crippen molar-refractivity contribution in [2.24, 2.45) is 0 Å². The van der Waals surface area contributed by atoms with Gasteiger partial charge in [-0.15, -0.1) is 0 Å². The molecular formula is C25H31BrN2O3. The van der Waals surface area contributed by atoms with Crippen LogP contribution in [0.3, 0.4) is 0 Å². The van der Waals surface area contributed by atoms with Crippen molar-refractivity contribution in [3.63, 3.8) is 0 Å². The molecule has 0 bridgehead atoms. The van der Waals surface area contributed by atoms with E-state index in [4.69, 9.17) is 4.74 Å². The minimum absolute atomic E-state index is 0.100. The summed E-state index contributed by atoms with van der Waals surface area (Å²) in [5.41, 5.74) is 2.12. The van der Waals surface area contributed by atoms with E-state index in [1.54, 1.807) is 11.8 Å². The molecule has 0 saturated heterocycles. The van der Waals surface area contributed by atoms with E-state index in [0.717, 1.165) is 41.3 Å². The van der Waals surface area contributed by atoms with Crippen molar-refractivity contribution in [1.82, 2.24) is 10.2 Å². The molecule has 2 amide bonds. The van der Waals surface area contributed by atoms with Crippen LogP contribution < -0.4 is 10.1 Å². The predicted molar refractivity (Wildman–Crippen MR) is 126 cm³/mol. The molecule has 6 heteroatoms. The molecule has 0 heterocycles. The number of carbonyl (C=O) groups is 2. The van der Waals surface area contributed by atoms with Crippen LogP contribution in [0.4, 0.5) is 0 Å². The van der Waals surface area contributed by atoms with Gasteiger partial charge in [-0.05, 0) is 56.5 Å². The number of halogens is 1. The average Bonchev–Trinajstić information content (AvgIpc) is 2.77. The lowest BCUT2D eigenvalue weighted by molar-refractivity contribution is -0.142. The minimum atomic E-state index is -0.580. The van der Waals surface area contributed by atoms with Crippen molar-refractivity contribution >= 4 is 27.7 Å². The third-order valence-corrected chi connectivity index (χ3v) is 6.26. The first-order chi connectivity index (χ1) is 14.9. The van der Waals surface area contributed by atoms with Crippen LogP contribution in [-0.4, -0.2) is 35.4 Å². The molecule has 5 nitrogen and oxygen atoms in total. The molecule has 0 spiro atoms. The second-order valence-electron chi connectivity index (χ2n) is 8.27. The van der Waals surface area contributed by atoms with E-state index in [9.17, 15) is 9.59 Å². The van der Waals surface area contributed by atoms with Crippen LogP contribution in [0, 0.1) is 6.92 Å². The Balaban J connectivity index is 1.70. The van der Waals surface area contributed by atoms with E-state index in [-0.39, 0.29) is 24.5 Å². The van der Waals surface area contributed by atoms with E-state index in [1.807, 2.05) is 55.5 Å². The molecule has 31 heavy (non-hydrogen) atoms. The lowest BCUT2D eigenvalue weighted by atomic mass is 9.95. The lowest BCUT2D eigenvalue weighted by Crippen LogP contribution is -2.51. The topological polar surface area (TPSA) is 58.6 Å². The van der Waals surface area contributed by atoms with Gasteiger partial charge in [0.2, 0.25) is 5.91 Å². The summed E-state index contributed by atoms with van der Waals surface area (Å²) in [7, 11) is 0. The first-order valence-corrected chi connectivity index (χ1v) is 11.8. The van der Waals surface area contributed by atoms with Gasteiger partial charge in [-0.1, -0.05) is 65.0 Å². The van der Waals surface area contributed by atoms with Crippen LogP contribution >= 0.6 is 15.9 Å². The molecule has 1 atom stereocenters. The number of nitrogens with one attached hydrogen (secondary N) is 1. The Bertz CT molecular complexity index is 879. The number of hydrogen-bond donors (Lipinski definition) is 1. The average molecular weight is 487 g/mol. The Morgan fingerprint density at radius 3 is 2.52 bits per heavy atom. The molecule has 166 valence electrons. The molecule has 2 aromatic rings. The van der Waals surface area contributed by atoms with Crippen molar-refractivity contribution in [2.45, 2.75) is 64.6 Å². The highest BCUT2D eigenvalue weighted by Crippen LogP contribution is 2.19. The minimum Gasteiger partial charge on any atom is -0.484 e. The number of benzene rings is 2. The molecule has 0 aromatic heterocycles. The molecule has 0 unspecified atom stereocenters. The number of carbonyl (C=O) groups excluding carboxylic acids is 2. The van der Waals surface area contributed by atoms with Crippen LogP contribution in [0.2, 0.25) is 0 Å². The Morgan fingerprint density at radius 2 is 1.84 bits per heavy atom. The van der Waals surface area contributed by atoms with Crippen molar-refractivity contribution in [1.29, 1.82) is 0 Å². The second-order valence-corrected chi connectivity index (χ2v) is 9.19. The van der Waals surface area contributed by atoms with Gasteiger partial charge >= 0.3 is 0 Å². The Kier molecular flexibility index (Phi) is 8.52. The number of amides is 2. The van der Waals surface area contributed by atoms with Gasteiger partial charge < -0.3 is 15.0 Å². The first kappa shape index (κ1) is 23.3. The molecule has 1 fully saturated rings. The maximum atomic E-state index is 13.1. The molecule has 1 aliphatic rings. The Morgan fingerprint density at radius 1 is 1.13 bits per heavy atom. The molecule has 1 saturated carbocycles. The van der Waals surface area contributed by atoms with Crippen LogP contribution in [-0.2, 0) is 16.1 Å². The SMILES string of the molecule is Cc1cccc(CN(C(=O)COc2ccc(Br)cc2)[C@H](C)C(=O)NC2CCCCC2)c1. The fraction of sp³-hybridized carbons (Fsp3) is 0.440. The van der Waals surface area contributed by atoms with Gasteiger partial charge in [0.25, 0.3) is 5.91 Å². The van der Waals surface area contributed by atoms with Gasteiger partial charge in [0.15, 0.2) is 6.61 Å². The first-order valence-electron chi connectivity index (χ1n) is 11.0. The fourth-order valence-electron chi connectivity index (χ4n) is 3.92. The molecule has 1 aliphatic carbocycles. The normalized spacial score (nSPS) is 15.2. The van der Waals surface area contributed by atoms with Crippen LogP contribution in [0.15, 0.2) is 53.0 Å². The van der Waals surface area contributed by atoms with Gasteiger partial charge in [0.05, 0.1) is 0 Å². The summed E-state index contributed by atoms with van der Waals surface area (Å²) in [6.45, 7) is 4.06. The summed E-state index contributed by atoms with van der Waals surface area (Å²) in [6.07, 6.45) is 5.54. The van der Waals surface area contributed by atoms with E-state index < -0.39 is 6.04 Å². The monoisotopic (exact) mass is 486 g/mol. The number of aryl methyl sites for hydroxylation is 1. The second kappa shape index (κ2) is 11.3. The summed E-state index contributed by atoms with van der Waals surface area (Å²) in [5, 5.41) is 3.15. The predicted octanol–water partition coefficient (Wildman–Crippen LogP) is 5.00. The van der Waals surface area contributed by atoms with Crippen LogP contribution in [0.5, 0.6) is 5.75 Å². The molecular weight excluding hydrogens is 456 g/mol. The van der Waals surface area contributed by atoms with E-state index >= 15 is 0 Å². The maximum absolute atomic E-state index is 13.1. The third kappa shape index (κ3) is 7.10. The zero-order chi connectivity index (χ0) is 22.2. The van der Waals surface area contributed by atoms with Gasteiger partial charge in [0, 0.05) is 17.1 Å². The summed E-state index contributed by atoms with van der Waals surface area (Å²) in [4.78, 5) is 27.7. The molecule has 3 rings (SSSR count). The molecule has 2 aromatic carbocycles. The van der Waals surface area contributed by atoms with Gasteiger partial charge in [0.1, 0.15) is 11.8 Å². The number of ether oxygens (including phenoxy) is 1. The van der Waals surface area contributed by atoms with E-state index in [1.165, 1.54) is 6.42 Å². The highest BCUT2D eigenvalue weighted by atomic mass is 79.9. The van der Waals surface area contributed by atoms with E-state index in [2.05, 4.69) is 21.2 Å². The summed E-state index contributed by atoms with van der Waals surface area (Å²) in [6, 6.07) is 15.0. The smallest absolute Gasteiger partial charge is 0.261 e. The fourth-order valence-corrected chi connectivity index (χ4v) is 4.18. The third-order valence-electron chi connectivity index (χ3n) is 5.73. The van der Waals surface area contributed by atoms with E-state index in [0.29, 0.717) is 12.3 Å². The number of nitrogens with zero attached hydrogens (tertiary/aromatic N) is 1. The standard InChI is InChI=1S/C25H31BrN2O3/c1-18-7-6-8-20(15-18)16-28(19(2)25(30)27-22-9-4-3-5-10-22)24(29)17-31-23-13-11-21(26)12-14-23/h6-8,11-15,19,22H,3-5,9-10,16-17H2,1-2H3,(H,27,30)/t19-/m1/s1. The van der Waals surface area contributed by atoms with Crippen molar-refractivity contribution in [3.05, 3.63) is 64.1 Å². The van der Waals surface area contributed by atoms with Gasteiger partial charge in [-0.2, -0.15) is 0 Å². The lowest BCUT2D eigenvalue weighted by Gasteiger charge is -2.31. The number of rotatable bonds is 8. The highest BCUT2D eigenvalue weighted by Gasteiger charge is 2.28. The summed E-state index contributed by atoms with van der Waals surface area (Å²) in [5.74, 6) is 0.304. The number of hydrogen-bond acceptors (Lipinski definition) is 3. The summed E-state index contributed by atoms with van der Waals surface area (Å²) >= 11 is 3.39.